The molecular weight excluding hydrogens is 438 g/mol. The van der Waals surface area contributed by atoms with Crippen LogP contribution in [0.2, 0.25) is 18.1 Å². The first-order valence-electron chi connectivity index (χ1n) is 12.3. The Morgan fingerprint density at radius 3 is 1.71 bits per heavy atom. The van der Waals surface area contributed by atoms with Crippen LogP contribution in [0.25, 0.3) is 0 Å². The Morgan fingerprint density at radius 1 is 0.882 bits per heavy atom. The number of carbonyl (C=O) groups excluding carboxylic acids is 2. The van der Waals surface area contributed by atoms with Gasteiger partial charge in [0.2, 0.25) is 5.91 Å². The molecule has 0 saturated carbocycles. The molecule has 1 aliphatic rings. The van der Waals surface area contributed by atoms with Gasteiger partial charge in [-0.2, -0.15) is 0 Å². The van der Waals surface area contributed by atoms with Crippen LogP contribution in [0.4, 0.5) is 0 Å². The van der Waals surface area contributed by atoms with Crippen LogP contribution in [0.5, 0.6) is 0 Å². The Kier molecular flexibility index (Phi) is 7.31. The lowest BCUT2D eigenvalue weighted by atomic mass is 9.71. The zero-order valence-corrected chi connectivity index (χ0v) is 23.3. The predicted molar refractivity (Wildman–Crippen MR) is 141 cm³/mol. The highest BCUT2D eigenvalue weighted by Crippen LogP contribution is 2.46. The second-order valence-electron chi connectivity index (χ2n) is 12.1. The summed E-state index contributed by atoms with van der Waals surface area (Å²) in [5, 5.41) is 0.0217. The second-order valence-corrected chi connectivity index (χ2v) is 16.9. The maximum Gasteiger partial charge on any atom is 0.232 e. The Bertz CT molecular complexity index is 966. The monoisotopic (exact) mass is 479 g/mol. The molecule has 5 heteroatoms. The van der Waals surface area contributed by atoms with Crippen LogP contribution < -0.4 is 0 Å². The highest BCUT2D eigenvalue weighted by atomic mass is 28.4. The van der Waals surface area contributed by atoms with Gasteiger partial charge in [0.15, 0.2) is 14.1 Å². The third-order valence-corrected chi connectivity index (χ3v) is 12.1. The highest BCUT2D eigenvalue weighted by Gasteiger charge is 2.59. The van der Waals surface area contributed by atoms with E-state index >= 15 is 0 Å². The van der Waals surface area contributed by atoms with Crippen molar-refractivity contribution < 1.29 is 14.0 Å². The van der Waals surface area contributed by atoms with E-state index in [9.17, 15) is 9.59 Å². The molecule has 2 aromatic rings. The first-order chi connectivity index (χ1) is 15.7. The fourth-order valence-corrected chi connectivity index (χ4v) is 5.94. The molecule has 0 unspecified atom stereocenters. The standard InChI is InChI=1S/C29H41NO3Si/c1-20(33-34(8,9)29(5,6)7)23-25(26(31)28(2,3)4)30(27(23)32)24(21-16-12-10-13-17-21)22-18-14-11-15-19-22/h10-20,23-25H,1-9H3/t20-,23-,25+/m1/s1. The van der Waals surface area contributed by atoms with E-state index in [2.05, 4.69) is 33.9 Å². The van der Waals surface area contributed by atoms with Crippen LogP contribution in [0, 0.1) is 11.3 Å². The van der Waals surface area contributed by atoms with Gasteiger partial charge in [-0.3, -0.25) is 9.59 Å². The molecule has 1 amide bonds. The summed E-state index contributed by atoms with van der Waals surface area (Å²) in [5.74, 6) is -0.401. The molecule has 3 atom stereocenters. The van der Waals surface area contributed by atoms with Crippen LogP contribution in [0.1, 0.15) is 65.6 Å². The fourth-order valence-electron chi connectivity index (χ4n) is 4.51. The molecule has 4 nitrogen and oxygen atoms in total. The molecule has 2 aromatic carbocycles. The zero-order valence-electron chi connectivity index (χ0n) is 22.3. The molecule has 1 heterocycles. The molecule has 0 bridgehead atoms. The number of rotatable bonds is 7. The van der Waals surface area contributed by atoms with Crippen molar-refractivity contribution in [3.63, 3.8) is 0 Å². The molecule has 0 aliphatic carbocycles. The lowest BCUT2D eigenvalue weighted by molar-refractivity contribution is -0.174. The van der Waals surface area contributed by atoms with Crippen molar-refractivity contribution in [1.29, 1.82) is 0 Å². The van der Waals surface area contributed by atoms with E-state index in [0.717, 1.165) is 11.1 Å². The molecule has 1 fully saturated rings. The average Bonchev–Trinajstić information content (AvgIpc) is 2.74. The number of benzene rings is 2. The van der Waals surface area contributed by atoms with E-state index in [1.54, 1.807) is 0 Å². The first-order valence-corrected chi connectivity index (χ1v) is 15.2. The summed E-state index contributed by atoms with van der Waals surface area (Å²) in [6.45, 7) is 18.8. The largest absolute Gasteiger partial charge is 0.413 e. The Balaban J connectivity index is 2.06. The van der Waals surface area contributed by atoms with Gasteiger partial charge in [-0.05, 0) is 36.2 Å². The molecule has 1 saturated heterocycles. The molecular formula is C29H41NO3Si. The van der Waals surface area contributed by atoms with Crippen LogP contribution in [-0.2, 0) is 14.0 Å². The third-order valence-electron chi connectivity index (χ3n) is 7.49. The van der Waals surface area contributed by atoms with E-state index < -0.39 is 25.7 Å². The Morgan fingerprint density at radius 2 is 1.32 bits per heavy atom. The topological polar surface area (TPSA) is 46.6 Å². The van der Waals surface area contributed by atoms with Crippen LogP contribution in [-0.4, -0.2) is 37.1 Å². The number of hydrogen-bond acceptors (Lipinski definition) is 3. The van der Waals surface area contributed by atoms with Crippen molar-refractivity contribution in [2.75, 3.05) is 0 Å². The van der Waals surface area contributed by atoms with Gasteiger partial charge in [-0.15, -0.1) is 0 Å². The smallest absolute Gasteiger partial charge is 0.232 e. The van der Waals surface area contributed by atoms with Crippen molar-refractivity contribution >= 4 is 20.0 Å². The molecule has 184 valence electrons. The lowest BCUT2D eigenvalue weighted by Crippen LogP contribution is -2.70. The normalized spacial score (nSPS) is 20.3. The first kappa shape index (κ1) is 26.4. The number of Topliss-reactive ketones (excluding diaryl/α,β-unsaturated/α-hetero) is 1. The number of ketones is 1. The number of hydrogen-bond donors (Lipinski definition) is 0. The van der Waals surface area contributed by atoms with Gasteiger partial charge in [0.1, 0.15) is 6.04 Å². The average molecular weight is 480 g/mol. The zero-order chi connectivity index (χ0) is 25.5. The van der Waals surface area contributed by atoms with Crippen LogP contribution in [0.15, 0.2) is 60.7 Å². The van der Waals surface area contributed by atoms with E-state index in [1.807, 2.05) is 93.3 Å². The summed E-state index contributed by atoms with van der Waals surface area (Å²) < 4.78 is 6.65. The Hall–Kier alpha value is -2.24. The maximum atomic E-state index is 13.9. The minimum atomic E-state index is -2.11. The third kappa shape index (κ3) is 5.06. The summed E-state index contributed by atoms with van der Waals surface area (Å²) in [7, 11) is -2.11. The van der Waals surface area contributed by atoms with Crippen molar-refractivity contribution in [3.05, 3.63) is 71.8 Å². The quantitative estimate of drug-likeness (QED) is 0.331. The number of likely N-dealkylation sites (tertiary alicyclic amines) is 1. The van der Waals surface area contributed by atoms with Gasteiger partial charge in [0.25, 0.3) is 0 Å². The van der Waals surface area contributed by atoms with Gasteiger partial charge in [-0.25, -0.2) is 0 Å². The van der Waals surface area contributed by atoms with Crippen LogP contribution in [0.3, 0.4) is 0 Å². The molecule has 3 rings (SSSR count). The molecule has 0 aromatic heterocycles. The summed E-state index contributed by atoms with van der Waals surface area (Å²) in [4.78, 5) is 29.5. The number of β-lactam (4-membered cyclic amide) rings is 1. The number of nitrogens with zero attached hydrogens (tertiary/aromatic N) is 1. The van der Waals surface area contributed by atoms with Crippen molar-refractivity contribution in [3.8, 4) is 0 Å². The summed E-state index contributed by atoms with van der Waals surface area (Å²) in [6.07, 6.45) is -0.326. The second kappa shape index (κ2) is 9.42. The Labute approximate surface area is 206 Å². The van der Waals surface area contributed by atoms with Gasteiger partial charge in [-0.1, -0.05) is 102 Å². The lowest BCUT2D eigenvalue weighted by Gasteiger charge is -2.54. The maximum absolute atomic E-state index is 13.9. The molecule has 34 heavy (non-hydrogen) atoms. The van der Waals surface area contributed by atoms with E-state index in [1.165, 1.54) is 0 Å². The molecule has 1 aliphatic heterocycles. The van der Waals surface area contributed by atoms with Crippen molar-refractivity contribution in [2.45, 2.75) is 84.8 Å². The number of amides is 1. The van der Waals surface area contributed by atoms with Crippen molar-refractivity contribution in [1.82, 2.24) is 4.90 Å². The summed E-state index contributed by atoms with van der Waals surface area (Å²) in [6, 6.07) is 19.2. The van der Waals surface area contributed by atoms with Gasteiger partial charge in [0.05, 0.1) is 18.1 Å². The fraction of sp³-hybridized carbons (Fsp3) is 0.517. The molecule has 0 radical (unpaired) electrons. The van der Waals surface area contributed by atoms with E-state index in [-0.39, 0.29) is 28.9 Å². The SMILES string of the molecule is C[C@@H](O[Si](C)(C)C(C)(C)C)[C@H]1C(=O)N(C(c2ccccc2)c2ccccc2)[C@@H]1C(=O)C(C)(C)C. The van der Waals surface area contributed by atoms with Gasteiger partial charge < -0.3 is 9.33 Å². The van der Waals surface area contributed by atoms with E-state index in [0.29, 0.717) is 0 Å². The minimum absolute atomic E-state index is 0.00786. The van der Waals surface area contributed by atoms with Gasteiger partial charge >= 0.3 is 0 Å². The molecule has 0 spiro atoms. The summed E-state index contributed by atoms with van der Waals surface area (Å²) >= 11 is 0. The number of carbonyl (C=O) groups is 2. The molecule has 0 N–H and O–H groups in total. The van der Waals surface area contributed by atoms with E-state index in [4.69, 9.17) is 4.43 Å². The van der Waals surface area contributed by atoms with Gasteiger partial charge in [0, 0.05) is 5.41 Å². The van der Waals surface area contributed by atoms with Crippen molar-refractivity contribution in [2.24, 2.45) is 11.3 Å². The predicted octanol–water partition coefficient (Wildman–Crippen LogP) is 6.63. The highest BCUT2D eigenvalue weighted by molar-refractivity contribution is 6.74. The van der Waals surface area contributed by atoms with Crippen LogP contribution >= 0.6 is 0 Å². The summed E-state index contributed by atoms with van der Waals surface area (Å²) in [5.41, 5.74) is 1.44. The minimum Gasteiger partial charge on any atom is -0.413 e.